The maximum Gasteiger partial charge on any atom is 0.225 e. The van der Waals surface area contributed by atoms with E-state index in [9.17, 15) is 4.79 Å². The summed E-state index contributed by atoms with van der Waals surface area (Å²) in [6.45, 7) is 4.64. The van der Waals surface area contributed by atoms with E-state index in [0.717, 1.165) is 18.4 Å². The molecule has 1 amide bonds. The van der Waals surface area contributed by atoms with Crippen LogP contribution < -0.4 is 0 Å². The standard InChI is InChI=1S/C14H19Cl2NO/c1-4-11(5-2)14(18)17(3)9-10-6-7-12(15)13(16)8-10/h6-8,11H,4-5,9H2,1-3H3. The predicted molar refractivity (Wildman–Crippen MR) is 77.0 cm³/mol. The summed E-state index contributed by atoms with van der Waals surface area (Å²) in [5.41, 5.74) is 0.992. The number of halogens is 2. The number of amides is 1. The van der Waals surface area contributed by atoms with Crippen LogP contribution in [0, 0.1) is 5.92 Å². The molecule has 0 aromatic heterocycles. The Morgan fingerprint density at radius 2 is 1.83 bits per heavy atom. The van der Waals surface area contributed by atoms with Crippen LogP contribution in [0.3, 0.4) is 0 Å². The maximum atomic E-state index is 12.1. The Labute approximate surface area is 119 Å². The Bertz CT molecular complexity index is 416. The van der Waals surface area contributed by atoms with Crippen LogP contribution in [0.2, 0.25) is 10.0 Å². The third-order valence-corrected chi connectivity index (χ3v) is 3.85. The third-order valence-electron chi connectivity index (χ3n) is 3.11. The average molecular weight is 288 g/mol. The topological polar surface area (TPSA) is 20.3 Å². The van der Waals surface area contributed by atoms with Crippen LogP contribution in [0.5, 0.6) is 0 Å². The Kier molecular flexibility index (Phi) is 5.97. The molecule has 1 rings (SSSR count). The summed E-state index contributed by atoms with van der Waals surface area (Å²) in [6.07, 6.45) is 1.75. The van der Waals surface area contributed by atoms with E-state index in [-0.39, 0.29) is 11.8 Å². The zero-order valence-electron chi connectivity index (χ0n) is 11.0. The highest BCUT2D eigenvalue weighted by Crippen LogP contribution is 2.23. The smallest absolute Gasteiger partial charge is 0.225 e. The molecule has 1 aromatic carbocycles. The highest BCUT2D eigenvalue weighted by atomic mass is 35.5. The summed E-state index contributed by atoms with van der Waals surface area (Å²) in [5, 5.41) is 1.06. The van der Waals surface area contributed by atoms with Crippen molar-refractivity contribution in [1.29, 1.82) is 0 Å². The minimum atomic E-state index is 0.109. The van der Waals surface area contributed by atoms with Gasteiger partial charge in [0.2, 0.25) is 5.91 Å². The van der Waals surface area contributed by atoms with Crippen LogP contribution in [0.25, 0.3) is 0 Å². The van der Waals surface area contributed by atoms with Crippen molar-refractivity contribution in [3.8, 4) is 0 Å². The predicted octanol–water partition coefficient (Wildman–Crippen LogP) is 4.39. The van der Waals surface area contributed by atoms with Gasteiger partial charge >= 0.3 is 0 Å². The third kappa shape index (κ3) is 3.89. The minimum Gasteiger partial charge on any atom is -0.341 e. The van der Waals surface area contributed by atoms with Gasteiger partial charge in [0.1, 0.15) is 0 Å². The number of rotatable bonds is 5. The van der Waals surface area contributed by atoms with Gasteiger partial charge in [-0.05, 0) is 30.5 Å². The zero-order chi connectivity index (χ0) is 13.7. The fourth-order valence-electron chi connectivity index (χ4n) is 1.94. The van der Waals surface area contributed by atoms with Crippen LogP contribution in [-0.2, 0) is 11.3 Å². The lowest BCUT2D eigenvalue weighted by Crippen LogP contribution is -2.32. The largest absolute Gasteiger partial charge is 0.341 e. The second-order valence-corrected chi connectivity index (χ2v) is 5.27. The van der Waals surface area contributed by atoms with E-state index in [1.54, 1.807) is 17.0 Å². The Balaban J connectivity index is 2.71. The van der Waals surface area contributed by atoms with Crippen LogP contribution in [0.1, 0.15) is 32.3 Å². The SMILES string of the molecule is CCC(CC)C(=O)N(C)Cc1ccc(Cl)c(Cl)c1. The minimum absolute atomic E-state index is 0.109. The Morgan fingerprint density at radius 1 is 1.22 bits per heavy atom. The number of hydrogen-bond donors (Lipinski definition) is 0. The molecule has 2 nitrogen and oxygen atoms in total. The molecule has 0 spiro atoms. The Morgan fingerprint density at radius 3 is 2.33 bits per heavy atom. The molecule has 0 aliphatic carbocycles. The first-order valence-corrected chi connectivity index (χ1v) is 6.94. The zero-order valence-corrected chi connectivity index (χ0v) is 12.6. The molecular weight excluding hydrogens is 269 g/mol. The summed E-state index contributed by atoms with van der Waals surface area (Å²) >= 11 is 11.8. The highest BCUT2D eigenvalue weighted by Gasteiger charge is 2.18. The van der Waals surface area contributed by atoms with E-state index in [1.165, 1.54) is 0 Å². The summed E-state index contributed by atoms with van der Waals surface area (Å²) in [7, 11) is 1.82. The molecule has 4 heteroatoms. The molecule has 0 N–H and O–H groups in total. The summed E-state index contributed by atoms with van der Waals surface area (Å²) in [4.78, 5) is 13.9. The van der Waals surface area contributed by atoms with Crippen molar-refractivity contribution >= 4 is 29.1 Å². The lowest BCUT2D eigenvalue weighted by molar-refractivity contribution is -0.134. The normalized spacial score (nSPS) is 10.8. The van der Waals surface area contributed by atoms with Crippen LogP contribution in [0.4, 0.5) is 0 Å². The fourth-order valence-corrected chi connectivity index (χ4v) is 2.26. The molecule has 0 heterocycles. The van der Waals surface area contributed by atoms with E-state index >= 15 is 0 Å². The first-order chi connectivity index (χ1) is 8.49. The first kappa shape index (κ1) is 15.3. The second kappa shape index (κ2) is 7.01. The van der Waals surface area contributed by atoms with Crippen molar-refractivity contribution in [3.63, 3.8) is 0 Å². The summed E-state index contributed by atoms with van der Waals surface area (Å²) < 4.78 is 0. The van der Waals surface area contributed by atoms with E-state index in [0.29, 0.717) is 16.6 Å². The van der Waals surface area contributed by atoms with Crippen molar-refractivity contribution in [2.75, 3.05) is 7.05 Å². The van der Waals surface area contributed by atoms with Crippen molar-refractivity contribution in [1.82, 2.24) is 4.90 Å². The van der Waals surface area contributed by atoms with Crippen LogP contribution >= 0.6 is 23.2 Å². The van der Waals surface area contributed by atoms with E-state index in [4.69, 9.17) is 23.2 Å². The van der Waals surface area contributed by atoms with Gasteiger partial charge in [0.15, 0.2) is 0 Å². The van der Waals surface area contributed by atoms with Gasteiger partial charge in [-0.2, -0.15) is 0 Å². The molecule has 0 atom stereocenters. The van der Waals surface area contributed by atoms with Crippen molar-refractivity contribution in [3.05, 3.63) is 33.8 Å². The summed E-state index contributed by atoms with van der Waals surface area (Å²) in [6, 6.07) is 5.46. The monoisotopic (exact) mass is 287 g/mol. The molecular formula is C14H19Cl2NO. The second-order valence-electron chi connectivity index (χ2n) is 4.46. The molecule has 0 unspecified atom stereocenters. The number of carbonyl (C=O) groups excluding carboxylic acids is 1. The van der Waals surface area contributed by atoms with Gasteiger partial charge in [0, 0.05) is 19.5 Å². The number of carbonyl (C=O) groups is 1. The number of benzene rings is 1. The summed E-state index contributed by atoms with van der Waals surface area (Å²) in [5.74, 6) is 0.295. The number of nitrogens with zero attached hydrogens (tertiary/aromatic N) is 1. The van der Waals surface area contributed by atoms with Crippen molar-refractivity contribution < 1.29 is 4.79 Å². The van der Waals surface area contributed by atoms with Gasteiger partial charge < -0.3 is 4.90 Å². The van der Waals surface area contributed by atoms with Crippen LogP contribution in [-0.4, -0.2) is 17.9 Å². The fraction of sp³-hybridized carbons (Fsp3) is 0.500. The molecule has 0 aliphatic heterocycles. The molecule has 0 saturated carbocycles. The molecule has 18 heavy (non-hydrogen) atoms. The van der Waals surface area contributed by atoms with Gasteiger partial charge in [0.05, 0.1) is 10.0 Å². The quantitative estimate of drug-likeness (QED) is 0.787. The lowest BCUT2D eigenvalue weighted by Gasteiger charge is -2.22. The molecule has 0 aliphatic rings. The van der Waals surface area contributed by atoms with E-state index < -0.39 is 0 Å². The first-order valence-electron chi connectivity index (χ1n) is 6.18. The molecule has 1 aromatic rings. The van der Waals surface area contributed by atoms with Gasteiger partial charge in [-0.3, -0.25) is 4.79 Å². The number of hydrogen-bond acceptors (Lipinski definition) is 1. The molecule has 0 saturated heterocycles. The van der Waals surface area contributed by atoms with Crippen LogP contribution in [0.15, 0.2) is 18.2 Å². The van der Waals surface area contributed by atoms with Gasteiger partial charge in [-0.15, -0.1) is 0 Å². The van der Waals surface area contributed by atoms with Crippen molar-refractivity contribution in [2.24, 2.45) is 5.92 Å². The molecule has 0 fully saturated rings. The van der Waals surface area contributed by atoms with E-state index in [2.05, 4.69) is 0 Å². The maximum absolute atomic E-state index is 12.1. The van der Waals surface area contributed by atoms with Gasteiger partial charge in [-0.1, -0.05) is 43.1 Å². The molecule has 0 bridgehead atoms. The van der Waals surface area contributed by atoms with E-state index in [1.807, 2.05) is 27.0 Å². The van der Waals surface area contributed by atoms with Gasteiger partial charge in [0.25, 0.3) is 0 Å². The lowest BCUT2D eigenvalue weighted by atomic mass is 10.0. The molecule has 0 radical (unpaired) electrons. The van der Waals surface area contributed by atoms with Gasteiger partial charge in [-0.25, -0.2) is 0 Å². The van der Waals surface area contributed by atoms with Crippen molar-refractivity contribution in [2.45, 2.75) is 33.2 Å². The average Bonchev–Trinajstić information content (AvgIpc) is 2.35. The Hall–Kier alpha value is -0.730. The highest BCUT2D eigenvalue weighted by molar-refractivity contribution is 6.42. The molecule has 100 valence electrons.